The number of nitrogens with one attached hydrogen (secondary N) is 1. The summed E-state index contributed by atoms with van der Waals surface area (Å²) in [6.07, 6.45) is 2.21. The van der Waals surface area contributed by atoms with Gasteiger partial charge in [-0.1, -0.05) is 0 Å². The molecule has 1 aliphatic heterocycles. The van der Waals surface area contributed by atoms with Gasteiger partial charge in [-0.3, -0.25) is 0 Å². The molecule has 15 heavy (non-hydrogen) atoms. The molecular formula is C11H13N3S. The van der Waals surface area contributed by atoms with Crippen molar-refractivity contribution in [1.29, 1.82) is 0 Å². The first-order chi connectivity index (χ1) is 7.33. The minimum Gasteiger partial charge on any atom is -0.348 e. The maximum absolute atomic E-state index is 4.51. The zero-order valence-corrected chi connectivity index (χ0v) is 9.47. The predicted molar refractivity (Wildman–Crippen MR) is 62.0 cm³/mol. The largest absolute Gasteiger partial charge is 0.348 e. The highest BCUT2D eigenvalue weighted by atomic mass is 32.1. The van der Waals surface area contributed by atoms with E-state index in [2.05, 4.69) is 32.5 Å². The van der Waals surface area contributed by atoms with Crippen molar-refractivity contribution in [1.82, 2.24) is 14.9 Å². The summed E-state index contributed by atoms with van der Waals surface area (Å²) in [5.41, 5.74) is 3.72. The van der Waals surface area contributed by atoms with Gasteiger partial charge in [0.05, 0.1) is 10.7 Å². The van der Waals surface area contributed by atoms with Crippen LogP contribution in [0, 0.1) is 6.92 Å². The molecular weight excluding hydrogens is 206 g/mol. The molecule has 3 nitrogen and oxygen atoms in total. The van der Waals surface area contributed by atoms with Crippen LogP contribution in [-0.4, -0.2) is 16.1 Å². The third-order valence-corrected chi connectivity index (χ3v) is 3.51. The molecule has 1 aliphatic rings. The summed E-state index contributed by atoms with van der Waals surface area (Å²) in [5, 5.41) is 6.63. The van der Waals surface area contributed by atoms with Gasteiger partial charge < -0.3 is 9.88 Å². The van der Waals surface area contributed by atoms with Crippen molar-refractivity contribution in [3.05, 3.63) is 28.3 Å². The SMILES string of the molecule is Cc1nc(-c2cc3n(c2)CCNC3)cs1. The lowest BCUT2D eigenvalue weighted by Gasteiger charge is -2.15. The number of nitrogens with zero attached hydrogens (tertiary/aromatic N) is 2. The van der Waals surface area contributed by atoms with Crippen molar-refractivity contribution < 1.29 is 0 Å². The fourth-order valence-corrected chi connectivity index (χ4v) is 2.59. The second-order valence-corrected chi connectivity index (χ2v) is 4.90. The molecule has 2 aromatic rings. The molecule has 0 spiro atoms. The topological polar surface area (TPSA) is 29.9 Å². The highest BCUT2D eigenvalue weighted by Crippen LogP contribution is 2.24. The second kappa shape index (κ2) is 3.47. The Balaban J connectivity index is 2.02. The number of aromatic nitrogens is 2. The summed E-state index contributed by atoms with van der Waals surface area (Å²) in [5.74, 6) is 0. The molecule has 3 rings (SSSR count). The molecule has 0 atom stereocenters. The quantitative estimate of drug-likeness (QED) is 0.795. The molecule has 0 bridgehead atoms. The van der Waals surface area contributed by atoms with Crippen LogP contribution in [0.15, 0.2) is 17.6 Å². The van der Waals surface area contributed by atoms with Crippen LogP contribution in [-0.2, 0) is 13.1 Å². The molecule has 0 aliphatic carbocycles. The van der Waals surface area contributed by atoms with Crippen molar-refractivity contribution >= 4 is 11.3 Å². The number of thiazole rings is 1. The van der Waals surface area contributed by atoms with Gasteiger partial charge in [0.15, 0.2) is 0 Å². The van der Waals surface area contributed by atoms with E-state index in [0.717, 1.165) is 30.3 Å². The lowest BCUT2D eigenvalue weighted by Crippen LogP contribution is -2.27. The van der Waals surface area contributed by atoms with Gasteiger partial charge in [-0.05, 0) is 13.0 Å². The molecule has 0 saturated heterocycles. The summed E-state index contributed by atoms with van der Waals surface area (Å²) in [7, 11) is 0. The van der Waals surface area contributed by atoms with Gasteiger partial charge in [0.2, 0.25) is 0 Å². The summed E-state index contributed by atoms with van der Waals surface area (Å²) in [6, 6.07) is 2.24. The minimum absolute atomic E-state index is 0.975. The highest BCUT2D eigenvalue weighted by molar-refractivity contribution is 7.09. The van der Waals surface area contributed by atoms with Crippen LogP contribution in [0.5, 0.6) is 0 Å². The summed E-state index contributed by atoms with van der Waals surface area (Å²) < 4.78 is 2.32. The van der Waals surface area contributed by atoms with Crippen LogP contribution in [0.4, 0.5) is 0 Å². The van der Waals surface area contributed by atoms with E-state index in [9.17, 15) is 0 Å². The van der Waals surface area contributed by atoms with Crippen molar-refractivity contribution in [3.63, 3.8) is 0 Å². The zero-order chi connectivity index (χ0) is 10.3. The molecule has 0 fully saturated rings. The maximum Gasteiger partial charge on any atom is 0.0901 e. The average molecular weight is 219 g/mol. The first-order valence-electron chi connectivity index (χ1n) is 5.15. The Morgan fingerprint density at radius 1 is 1.53 bits per heavy atom. The minimum atomic E-state index is 0.975. The van der Waals surface area contributed by atoms with Crippen LogP contribution in [0.25, 0.3) is 11.3 Å². The first kappa shape index (κ1) is 9.12. The first-order valence-corrected chi connectivity index (χ1v) is 6.03. The Kier molecular flexibility index (Phi) is 2.11. The van der Waals surface area contributed by atoms with E-state index in [4.69, 9.17) is 0 Å². The second-order valence-electron chi connectivity index (χ2n) is 3.84. The van der Waals surface area contributed by atoms with Gasteiger partial charge in [0.1, 0.15) is 0 Å². The van der Waals surface area contributed by atoms with Gasteiger partial charge in [-0.25, -0.2) is 4.98 Å². The Morgan fingerprint density at radius 2 is 2.47 bits per heavy atom. The lowest BCUT2D eigenvalue weighted by atomic mass is 10.2. The normalized spacial score (nSPS) is 15.3. The van der Waals surface area contributed by atoms with E-state index in [1.165, 1.54) is 11.3 Å². The molecule has 0 unspecified atom stereocenters. The fourth-order valence-electron chi connectivity index (χ4n) is 1.96. The molecule has 2 aromatic heterocycles. The Morgan fingerprint density at radius 3 is 3.20 bits per heavy atom. The fraction of sp³-hybridized carbons (Fsp3) is 0.364. The highest BCUT2D eigenvalue weighted by Gasteiger charge is 2.12. The van der Waals surface area contributed by atoms with E-state index >= 15 is 0 Å². The van der Waals surface area contributed by atoms with E-state index in [0.29, 0.717) is 0 Å². The van der Waals surface area contributed by atoms with Crippen LogP contribution >= 0.6 is 11.3 Å². The third-order valence-electron chi connectivity index (χ3n) is 2.74. The molecule has 4 heteroatoms. The van der Waals surface area contributed by atoms with Crippen molar-refractivity contribution in [2.75, 3.05) is 6.54 Å². The Labute approximate surface area is 92.8 Å². The summed E-state index contributed by atoms with van der Waals surface area (Å²) >= 11 is 1.71. The zero-order valence-electron chi connectivity index (χ0n) is 8.66. The number of hydrogen-bond acceptors (Lipinski definition) is 3. The average Bonchev–Trinajstić information content (AvgIpc) is 2.82. The third kappa shape index (κ3) is 1.60. The van der Waals surface area contributed by atoms with E-state index in [1.807, 2.05) is 6.92 Å². The molecule has 0 saturated carbocycles. The molecule has 0 aromatic carbocycles. The monoisotopic (exact) mass is 219 g/mol. The number of fused-ring (bicyclic) bond motifs is 1. The number of aryl methyl sites for hydroxylation is 1. The molecule has 78 valence electrons. The van der Waals surface area contributed by atoms with E-state index < -0.39 is 0 Å². The standard InChI is InChI=1S/C11H13N3S/c1-8-13-11(7-15-8)9-4-10-5-12-2-3-14(10)6-9/h4,6-7,12H,2-3,5H2,1H3. The van der Waals surface area contributed by atoms with Gasteiger partial charge in [0, 0.05) is 42.5 Å². The van der Waals surface area contributed by atoms with Crippen molar-refractivity contribution in [2.45, 2.75) is 20.0 Å². The van der Waals surface area contributed by atoms with Gasteiger partial charge in [-0.2, -0.15) is 0 Å². The van der Waals surface area contributed by atoms with Gasteiger partial charge in [0.25, 0.3) is 0 Å². The maximum atomic E-state index is 4.51. The van der Waals surface area contributed by atoms with Gasteiger partial charge >= 0.3 is 0 Å². The van der Waals surface area contributed by atoms with Crippen molar-refractivity contribution in [2.24, 2.45) is 0 Å². The Hall–Kier alpha value is -1.13. The molecule has 1 N–H and O–H groups in total. The lowest BCUT2D eigenvalue weighted by molar-refractivity contribution is 0.517. The summed E-state index contributed by atoms with van der Waals surface area (Å²) in [4.78, 5) is 4.51. The number of hydrogen-bond donors (Lipinski definition) is 1. The molecule has 3 heterocycles. The predicted octanol–water partition coefficient (Wildman–Crippen LogP) is 2.02. The Bertz CT molecular complexity index is 460. The van der Waals surface area contributed by atoms with E-state index in [1.54, 1.807) is 11.3 Å². The van der Waals surface area contributed by atoms with Crippen LogP contribution in [0.3, 0.4) is 0 Å². The van der Waals surface area contributed by atoms with Crippen molar-refractivity contribution in [3.8, 4) is 11.3 Å². The van der Waals surface area contributed by atoms with Crippen LogP contribution < -0.4 is 5.32 Å². The summed E-state index contributed by atoms with van der Waals surface area (Å²) in [6.45, 7) is 5.16. The van der Waals surface area contributed by atoms with Gasteiger partial charge in [-0.15, -0.1) is 11.3 Å². The van der Waals surface area contributed by atoms with Crippen LogP contribution in [0.1, 0.15) is 10.7 Å². The van der Waals surface area contributed by atoms with E-state index in [-0.39, 0.29) is 0 Å². The van der Waals surface area contributed by atoms with Crippen LogP contribution in [0.2, 0.25) is 0 Å². The molecule has 0 amide bonds. The molecule has 0 radical (unpaired) electrons. The smallest absolute Gasteiger partial charge is 0.0901 e. The number of rotatable bonds is 1.